The van der Waals surface area contributed by atoms with Crippen LogP contribution >= 0.6 is 23.1 Å². The molecule has 27 heavy (non-hydrogen) atoms. The van der Waals surface area contributed by atoms with E-state index < -0.39 is 0 Å². The van der Waals surface area contributed by atoms with E-state index in [1.54, 1.807) is 30.5 Å². The van der Waals surface area contributed by atoms with E-state index in [0.717, 1.165) is 0 Å². The summed E-state index contributed by atoms with van der Waals surface area (Å²) in [6.45, 7) is 7.36. The monoisotopic (exact) mass is 405 g/mol. The van der Waals surface area contributed by atoms with Crippen LogP contribution in [0.1, 0.15) is 26.3 Å². The van der Waals surface area contributed by atoms with Crippen LogP contribution < -0.4 is 10.9 Å². The van der Waals surface area contributed by atoms with Crippen LogP contribution in [-0.2, 0) is 4.79 Å². The van der Waals surface area contributed by atoms with Crippen molar-refractivity contribution in [1.82, 2.24) is 14.9 Å². The molecule has 0 aliphatic rings. The molecule has 5 nitrogen and oxygen atoms in total. The molecule has 0 atom stereocenters. The third-order valence-corrected chi connectivity index (χ3v) is 5.53. The van der Waals surface area contributed by atoms with Crippen LogP contribution in [0.4, 0.5) is 4.39 Å². The number of halogens is 1. The Labute approximate surface area is 164 Å². The van der Waals surface area contributed by atoms with E-state index in [1.165, 1.54) is 33.7 Å². The second kappa shape index (κ2) is 7.44. The van der Waals surface area contributed by atoms with Gasteiger partial charge in [0.1, 0.15) is 10.5 Å². The van der Waals surface area contributed by atoms with Gasteiger partial charge in [-0.25, -0.2) is 9.37 Å². The smallest absolute Gasteiger partial charge is 0.276 e. The Hall–Kier alpha value is -2.19. The molecule has 0 saturated heterocycles. The lowest BCUT2D eigenvalue weighted by atomic mass is 10.1. The molecule has 3 aromatic rings. The Kier molecular flexibility index (Phi) is 5.39. The Bertz CT molecular complexity index is 1070. The van der Waals surface area contributed by atoms with E-state index in [1.807, 2.05) is 20.8 Å². The number of hydrogen-bond donors (Lipinski definition) is 1. The van der Waals surface area contributed by atoms with Gasteiger partial charge >= 0.3 is 0 Å². The van der Waals surface area contributed by atoms with Gasteiger partial charge in [-0.3, -0.25) is 14.2 Å². The first-order valence-electron chi connectivity index (χ1n) is 8.36. The number of benzene rings is 1. The summed E-state index contributed by atoms with van der Waals surface area (Å²) < 4.78 is 15.6. The maximum atomic E-state index is 13.7. The maximum Gasteiger partial charge on any atom is 0.276 e. The zero-order valence-corrected chi connectivity index (χ0v) is 17.1. The Morgan fingerprint density at radius 3 is 2.74 bits per heavy atom. The average molecular weight is 406 g/mol. The molecular weight excluding hydrogens is 385 g/mol. The van der Waals surface area contributed by atoms with Crippen molar-refractivity contribution in [2.75, 3.05) is 5.75 Å². The van der Waals surface area contributed by atoms with Gasteiger partial charge in [0.05, 0.1) is 17.0 Å². The largest absolute Gasteiger partial charge is 0.351 e. The van der Waals surface area contributed by atoms with Crippen LogP contribution in [0.15, 0.2) is 39.6 Å². The van der Waals surface area contributed by atoms with Gasteiger partial charge in [-0.15, -0.1) is 11.3 Å². The van der Waals surface area contributed by atoms with Gasteiger partial charge in [0.2, 0.25) is 5.91 Å². The molecule has 1 amide bonds. The highest BCUT2D eigenvalue weighted by atomic mass is 32.2. The summed E-state index contributed by atoms with van der Waals surface area (Å²) in [7, 11) is 0. The van der Waals surface area contributed by atoms with Gasteiger partial charge in [0.25, 0.3) is 5.56 Å². The zero-order valence-electron chi connectivity index (χ0n) is 15.5. The van der Waals surface area contributed by atoms with E-state index in [9.17, 15) is 14.0 Å². The van der Waals surface area contributed by atoms with Crippen molar-refractivity contribution in [3.63, 3.8) is 0 Å². The van der Waals surface area contributed by atoms with Crippen LogP contribution in [0.5, 0.6) is 0 Å². The molecule has 8 heteroatoms. The highest BCUT2D eigenvalue weighted by Gasteiger charge is 2.18. The highest BCUT2D eigenvalue weighted by molar-refractivity contribution is 7.99. The minimum atomic E-state index is -0.337. The van der Waals surface area contributed by atoms with E-state index >= 15 is 0 Å². The summed E-state index contributed by atoms with van der Waals surface area (Å²) in [6.07, 6.45) is 0. The Morgan fingerprint density at radius 2 is 2.07 bits per heavy atom. The van der Waals surface area contributed by atoms with Crippen LogP contribution in [0.3, 0.4) is 0 Å². The number of carbonyl (C=O) groups excluding carboxylic acids is 1. The number of hydrogen-bond acceptors (Lipinski definition) is 5. The molecule has 1 aromatic carbocycles. The number of nitrogens with one attached hydrogen (secondary N) is 1. The number of thiophene rings is 1. The van der Waals surface area contributed by atoms with Crippen molar-refractivity contribution in [3.05, 3.63) is 51.4 Å². The second-order valence-electron chi connectivity index (χ2n) is 7.19. The molecule has 142 valence electrons. The van der Waals surface area contributed by atoms with Gasteiger partial charge in [-0.05, 0) is 62.9 Å². The number of amides is 1. The van der Waals surface area contributed by atoms with E-state index in [4.69, 9.17) is 0 Å². The first-order valence-corrected chi connectivity index (χ1v) is 10.2. The highest BCUT2D eigenvalue weighted by Crippen LogP contribution is 2.24. The summed E-state index contributed by atoms with van der Waals surface area (Å²) in [5.74, 6) is -0.357. The van der Waals surface area contributed by atoms with Crippen molar-refractivity contribution in [2.45, 2.75) is 38.4 Å². The Balaban J connectivity index is 2.04. The molecule has 0 unspecified atom stereocenters. The first-order chi connectivity index (χ1) is 12.7. The topological polar surface area (TPSA) is 64.0 Å². The number of carbonyl (C=O) groups is 1. The number of nitrogens with zero attached hydrogens (tertiary/aromatic N) is 2. The predicted molar refractivity (Wildman–Crippen MR) is 109 cm³/mol. The fourth-order valence-electron chi connectivity index (χ4n) is 2.57. The van der Waals surface area contributed by atoms with Crippen molar-refractivity contribution in [3.8, 4) is 5.69 Å². The molecule has 0 saturated carbocycles. The van der Waals surface area contributed by atoms with Crippen molar-refractivity contribution in [1.29, 1.82) is 0 Å². The third kappa shape index (κ3) is 4.39. The fraction of sp³-hybridized carbons (Fsp3) is 0.316. The SMILES string of the molecule is Cc1cc(-n2c(SCC(=O)NC(C)(C)C)nc3ccsc3c2=O)ccc1F. The van der Waals surface area contributed by atoms with Gasteiger partial charge in [0.15, 0.2) is 5.16 Å². The number of aromatic nitrogens is 2. The van der Waals surface area contributed by atoms with Crippen LogP contribution in [-0.4, -0.2) is 26.8 Å². The van der Waals surface area contributed by atoms with Crippen molar-refractivity contribution in [2.24, 2.45) is 0 Å². The standard InChI is InChI=1S/C19H20FN3O2S2/c1-11-9-12(5-6-13(11)20)23-17(25)16-14(7-8-26-16)21-18(23)27-10-15(24)22-19(2,3)4/h5-9H,10H2,1-4H3,(H,22,24). The summed E-state index contributed by atoms with van der Waals surface area (Å²) in [5.41, 5.74) is 1.00. The van der Waals surface area contributed by atoms with Crippen molar-refractivity contribution >= 4 is 39.2 Å². The maximum absolute atomic E-state index is 13.7. The van der Waals surface area contributed by atoms with E-state index in [-0.39, 0.29) is 28.6 Å². The average Bonchev–Trinajstić information content (AvgIpc) is 3.03. The minimum Gasteiger partial charge on any atom is -0.351 e. The lowest BCUT2D eigenvalue weighted by Gasteiger charge is -2.20. The molecule has 0 radical (unpaired) electrons. The molecule has 0 fully saturated rings. The van der Waals surface area contributed by atoms with Crippen LogP contribution in [0, 0.1) is 12.7 Å². The summed E-state index contributed by atoms with van der Waals surface area (Å²) in [6, 6.07) is 6.26. The van der Waals surface area contributed by atoms with Crippen LogP contribution in [0.2, 0.25) is 0 Å². The third-order valence-electron chi connectivity index (χ3n) is 3.70. The number of aryl methyl sites for hydroxylation is 1. The van der Waals surface area contributed by atoms with Gasteiger partial charge < -0.3 is 5.32 Å². The minimum absolute atomic E-state index is 0.125. The second-order valence-corrected chi connectivity index (χ2v) is 9.05. The zero-order chi connectivity index (χ0) is 19.8. The fourth-order valence-corrected chi connectivity index (χ4v) is 4.14. The van der Waals surface area contributed by atoms with Gasteiger partial charge in [-0.2, -0.15) is 0 Å². The molecule has 0 aliphatic carbocycles. The van der Waals surface area contributed by atoms with E-state index in [0.29, 0.717) is 26.6 Å². The molecule has 3 rings (SSSR count). The quantitative estimate of drug-likeness (QED) is 0.528. The normalized spacial score (nSPS) is 11.7. The molecular formula is C19H20FN3O2S2. The van der Waals surface area contributed by atoms with Crippen molar-refractivity contribution < 1.29 is 9.18 Å². The summed E-state index contributed by atoms with van der Waals surface area (Å²) >= 11 is 2.50. The number of rotatable bonds is 4. The number of fused-ring (bicyclic) bond motifs is 1. The predicted octanol–water partition coefficient (Wildman–Crippen LogP) is 3.90. The van der Waals surface area contributed by atoms with Gasteiger partial charge in [-0.1, -0.05) is 11.8 Å². The summed E-state index contributed by atoms with van der Waals surface area (Å²) in [4.78, 5) is 29.7. The lowest BCUT2D eigenvalue weighted by Crippen LogP contribution is -2.41. The molecule has 2 heterocycles. The van der Waals surface area contributed by atoms with Crippen LogP contribution in [0.25, 0.3) is 15.9 Å². The first kappa shape index (κ1) is 19.6. The number of thioether (sulfide) groups is 1. The Morgan fingerprint density at radius 1 is 1.33 bits per heavy atom. The molecule has 1 N–H and O–H groups in total. The van der Waals surface area contributed by atoms with E-state index in [2.05, 4.69) is 10.3 Å². The molecule has 0 bridgehead atoms. The summed E-state index contributed by atoms with van der Waals surface area (Å²) in [5, 5.41) is 5.10. The van der Waals surface area contributed by atoms with Gasteiger partial charge in [0, 0.05) is 5.54 Å². The lowest BCUT2D eigenvalue weighted by molar-refractivity contribution is -0.119. The molecule has 0 spiro atoms. The molecule has 2 aromatic heterocycles. The molecule has 0 aliphatic heterocycles.